The van der Waals surface area contributed by atoms with Gasteiger partial charge in [0.1, 0.15) is 11.2 Å². The SMILES string of the molecule is c1cc(-c2nc3ccccc3c3ccccc23)nc(-c2cccc3oc4ccc5ccccc5c4c23)c1. The number of pyridine rings is 2. The van der Waals surface area contributed by atoms with Crippen LogP contribution in [0.15, 0.2) is 126 Å². The number of rotatable bonds is 2. The molecule has 0 aliphatic heterocycles. The summed E-state index contributed by atoms with van der Waals surface area (Å²) in [6.45, 7) is 0. The smallest absolute Gasteiger partial charge is 0.136 e. The Balaban J connectivity index is 1.41. The summed E-state index contributed by atoms with van der Waals surface area (Å²) < 4.78 is 6.30. The van der Waals surface area contributed by atoms with Crippen molar-refractivity contribution in [3.05, 3.63) is 121 Å². The highest BCUT2D eigenvalue weighted by Gasteiger charge is 2.17. The van der Waals surface area contributed by atoms with E-state index in [0.717, 1.165) is 60.9 Å². The normalized spacial score (nSPS) is 11.8. The molecule has 0 unspecified atom stereocenters. The molecule has 8 aromatic rings. The molecule has 8 rings (SSSR count). The Bertz CT molecular complexity index is 2160. The predicted molar refractivity (Wildman–Crippen MR) is 153 cm³/mol. The molecule has 172 valence electrons. The van der Waals surface area contributed by atoms with Crippen LogP contribution in [0, 0.1) is 0 Å². The van der Waals surface area contributed by atoms with Gasteiger partial charge in [0, 0.05) is 27.1 Å². The van der Waals surface area contributed by atoms with Gasteiger partial charge in [-0.3, -0.25) is 0 Å². The highest BCUT2D eigenvalue weighted by molar-refractivity contribution is 6.22. The third kappa shape index (κ3) is 3.01. The minimum absolute atomic E-state index is 0.856. The molecule has 0 radical (unpaired) electrons. The molecule has 5 aromatic carbocycles. The van der Waals surface area contributed by atoms with Gasteiger partial charge in [-0.05, 0) is 46.5 Å². The molecule has 0 aliphatic rings. The molecule has 3 heteroatoms. The first-order valence-corrected chi connectivity index (χ1v) is 12.4. The summed E-state index contributed by atoms with van der Waals surface area (Å²) >= 11 is 0. The van der Waals surface area contributed by atoms with Gasteiger partial charge in [-0.1, -0.05) is 91.0 Å². The highest BCUT2D eigenvalue weighted by Crippen LogP contribution is 2.40. The zero-order valence-corrected chi connectivity index (χ0v) is 19.8. The van der Waals surface area contributed by atoms with E-state index in [1.54, 1.807) is 0 Å². The largest absolute Gasteiger partial charge is 0.456 e. The third-order valence-corrected chi connectivity index (χ3v) is 7.26. The monoisotopic (exact) mass is 472 g/mol. The molecule has 0 spiro atoms. The lowest BCUT2D eigenvalue weighted by molar-refractivity contribution is 0.669. The van der Waals surface area contributed by atoms with E-state index in [1.165, 1.54) is 16.2 Å². The van der Waals surface area contributed by atoms with Crippen LogP contribution < -0.4 is 0 Å². The average Bonchev–Trinajstić information content (AvgIpc) is 3.36. The number of benzene rings is 5. The van der Waals surface area contributed by atoms with E-state index in [2.05, 4.69) is 103 Å². The molecular formula is C34H20N2O. The number of hydrogen-bond donors (Lipinski definition) is 0. The summed E-state index contributed by atoms with van der Waals surface area (Å²) in [7, 11) is 0. The number of nitrogens with zero attached hydrogens (tertiary/aromatic N) is 2. The maximum absolute atomic E-state index is 6.30. The van der Waals surface area contributed by atoms with Gasteiger partial charge in [-0.2, -0.15) is 0 Å². The van der Waals surface area contributed by atoms with Crippen LogP contribution in [0.2, 0.25) is 0 Å². The van der Waals surface area contributed by atoms with Gasteiger partial charge < -0.3 is 4.42 Å². The Morgan fingerprint density at radius 3 is 2.05 bits per heavy atom. The molecule has 0 fully saturated rings. The lowest BCUT2D eigenvalue weighted by Crippen LogP contribution is -1.93. The summed E-state index contributed by atoms with van der Waals surface area (Å²) in [5.41, 5.74) is 6.43. The first-order valence-electron chi connectivity index (χ1n) is 12.4. The maximum atomic E-state index is 6.30. The van der Waals surface area contributed by atoms with E-state index in [1.807, 2.05) is 18.2 Å². The quantitative estimate of drug-likeness (QED) is 0.235. The van der Waals surface area contributed by atoms with Gasteiger partial charge in [-0.15, -0.1) is 0 Å². The van der Waals surface area contributed by atoms with Crippen molar-refractivity contribution in [2.75, 3.05) is 0 Å². The summed E-state index contributed by atoms with van der Waals surface area (Å²) in [6.07, 6.45) is 0. The number of hydrogen-bond acceptors (Lipinski definition) is 3. The van der Waals surface area contributed by atoms with Crippen LogP contribution in [0.25, 0.3) is 77.0 Å². The molecule has 0 bridgehead atoms. The second-order valence-corrected chi connectivity index (χ2v) is 9.37. The zero-order valence-electron chi connectivity index (χ0n) is 19.8. The van der Waals surface area contributed by atoms with Gasteiger partial charge in [0.05, 0.1) is 22.6 Å². The Labute approximate surface area is 212 Å². The molecule has 3 aromatic heterocycles. The van der Waals surface area contributed by atoms with Gasteiger partial charge in [0.15, 0.2) is 0 Å². The van der Waals surface area contributed by atoms with Crippen molar-refractivity contribution in [1.82, 2.24) is 9.97 Å². The van der Waals surface area contributed by atoms with Crippen LogP contribution >= 0.6 is 0 Å². The minimum Gasteiger partial charge on any atom is -0.456 e. The first kappa shape index (κ1) is 20.2. The fourth-order valence-corrected chi connectivity index (χ4v) is 5.62. The van der Waals surface area contributed by atoms with E-state index in [0.29, 0.717) is 0 Å². The second kappa shape index (κ2) is 7.74. The molecule has 0 N–H and O–H groups in total. The predicted octanol–water partition coefficient (Wildman–Crippen LogP) is 9.17. The molecule has 0 amide bonds. The first-order chi connectivity index (χ1) is 18.3. The maximum Gasteiger partial charge on any atom is 0.136 e. The van der Waals surface area contributed by atoms with Crippen LogP contribution in [0.5, 0.6) is 0 Å². The second-order valence-electron chi connectivity index (χ2n) is 9.37. The zero-order chi connectivity index (χ0) is 24.3. The van der Waals surface area contributed by atoms with Gasteiger partial charge in [0.25, 0.3) is 0 Å². The molecule has 37 heavy (non-hydrogen) atoms. The van der Waals surface area contributed by atoms with E-state index in [-0.39, 0.29) is 0 Å². The molecule has 0 saturated carbocycles. The van der Waals surface area contributed by atoms with Crippen molar-refractivity contribution >= 4 is 54.4 Å². The Morgan fingerprint density at radius 2 is 1.14 bits per heavy atom. The van der Waals surface area contributed by atoms with Crippen molar-refractivity contribution in [2.24, 2.45) is 0 Å². The fourth-order valence-electron chi connectivity index (χ4n) is 5.62. The minimum atomic E-state index is 0.856. The van der Waals surface area contributed by atoms with Gasteiger partial charge in [-0.25, -0.2) is 9.97 Å². The average molecular weight is 473 g/mol. The summed E-state index contributed by atoms with van der Waals surface area (Å²) in [5, 5.41) is 8.04. The van der Waals surface area contributed by atoms with E-state index in [9.17, 15) is 0 Å². The van der Waals surface area contributed by atoms with E-state index >= 15 is 0 Å². The topological polar surface area (TPSA) is 38.9 Å². The van der Waals surface area contributed by atoms with Crippen LogP contribution in [-0.4, -0.2) is 9.97 Å². The Morgan fingerprint density at radius 1 is 0.432 bits per heavy atom. The van der Waals surface area contributed by atoms with Crippen molar-refractivity contribution in [1.29, 1.82) is 0 Å². The lowest BCUT2D eigenvalue weighted by Gasteiger charge is -2.11. The standard InChI is InChI=1S/C34H20N2O/c1-2-10-22-21(9-1)19-20-31-32(22)33-26(14-7-18-30(33)37-31)28-16-8-17-29(35-28)34-25-13-4-3-11-23(25)24-12-5-6-15-27(24)36-34/h1-20H. The van der Waals surface area contributed by atoms with E-state index < -0.39 is 0 Å². The van der Waals surface area contributed by atoms with Crippen molar-refractivity contribution in [2.45, 2.75) is 0 Å². The van der Waals surface area contributed by atoms with Crippen LogP contribution in [0.3, 0.4) is 0 Å². The van der Waals surface area contributed by atoms with Gasteiger partial charge in [0.2, 0.25) is 0 Å². The lowest BCUT2D eigenvalue weighted by atomic mass is 9.98. The van der Waals surface area contributed by atoms with Gasteiger partial charge >= 0.3 is 0 Å². The van der Waals surface area contributed by atoms with Crippen molar-refractivity contribution in [3.63, 3.8) is 0 Å². The Hall–Kier alpha value is -5.02. The Kier molecular flexibility index (Phi) is 4.23. The summed E-state index contributed by atoms with van der Waals surface area (Å²) in [5.74, 6) is 0. The molecule has 3 heterocycles. The summed E-state index contributed by atoms with van der Waals surface area (Å²) in [6, 6.07) is 41.8. The summed E-state index contributed by atoms with van der Waals surface area (Å²) in [4.78, 5) is 10.3. The number of para-hydroxylation sites is 1. The molecule has 0 aliphatic carbocycles. The van der Waals surface area contributed by atoms with Crippen LogP contribution in [0.4, 0.5) is 0 Å². The van der Waals surface area contributed by atoms with Crippen LogP contribution in [0.1, 0.15) is 0 Å². The third-order valence-electron chi connectivity index (χ3n) is 7.26. The molecular weight excluding hydrogens is 452 g/mol. The molecule has 0 saturated heterocycles. The van der Waals surface area contributed by atoms with Crippen molar-refractivity contribution in [3.8, 4) is 22.6 Å². The molecule has 3 nitrogen and oxygen atoms in total. The number of fused-ring (bicyclic) bond motifs is 8. The van der Waals surface area contributed by atoms with E-state index in [4.69, 9.17) is 14.4 Å². The van der Waals surface area contributed by atoms with Crippen molar-refractivity contribution < 1.29 is 4.42 Å². The highest BCUT2D eigenvalue weighted by atomic mass is 16.3. The fraction of sp³-hybridized carbons (Fsp3) is 0. The molecule has 0 atom stereocenters. The van der Waals surface area contributed by atoms with Crippen LogP contribution in [-0.2, 0) is 0 Å². The number of furan rings is 1. The number of aromatic nitrogens is 2.